The van der Waals surface area contributed by atoms with Crippen LogP contribution >= 0.6 is 15.9 Å². The number of nitrogens with one attached hydrogen (secondary N) is 1. The van der Waals surface area contributed by atoms with Gasteiger partial charge in [-0.2, -0.15) is 13.2 Å². The SMILES string of the molecule is CCCCCCC(NN)c1cc(C(F)(F)F)ccc1Br. The molecule has 0 aromatic heterocycles. The van der Waals surface area contributed by atoms with Crippen LogP contribution < -0.4 is 11.3 Å². The summed E-state index contributed by atoms with van der Waals surface area (Å²) in [6.07, 6.45) is 0.624. The lowest BCUT2D eigenvalue weighted by Crippen LogP contribution is -2.28. The molecule has 0 amide bonds. The molecule has 0 heterocycles. The van der Waals surface area contributed by atoms with E-state index in [4.69, 9.17) is 5.84 Å². The largest absolute Gasteiger partial charge is 0.416 e. The van der Waals surface area contributed by atoms with Crippen LogP contribution in [0.2, 0.25) is 0 Å². The summed E-state index contributed by atoms with van der Waals surface area (Å²) in [6.45, 7) is 2.11. The molecule has 0 aliphatic rings. The summed E-state index contributed by atoms with van der Waals surface area (Å²) >= 11 is 3.30. The number of hydrogen-bond acceptors (Lipinski definition) is 2. The maximum Gasteiger partial charge on any atom is 0.416 e. The van der Waals surface area contributed by atoms with Gasteiger partial charge < -0.3 is 0 Å². The summed E-state index contributed by atoms with van der Waals surface area (Å²) in [5.74, 6) is 5.50. The van der Waals surface area contributed by atoms with Crippen LogP contribution in [0.25, 0.3) is 0 Å². The first kappa shape index (κ1) is 17.5. The smallest absolute Gasteiger partial charge is 0.271 e. The Hall–Kier alpha value is -0.590. The van der Waals surface area contributed by atoms with E-state index >= 15 is 0 Å². The van der Waals surface area contributed by atoms with Gasteiger partial charge in [0.15, 0.2) is 0 Å². The van der Waals surface area contributed by atoms with Crippen molar-refractivity contribution in [3.8, 4) is 0 Å². The van der Waals surface area contributed by atoms with Gasteiger partial charge in [0, 0.05) is 10.5 Å². The minimum Gasteiger partial charge on any atom is -0.271 e. The number of rotatable bonds is 7. The molecule has 0 aliphatic heterocycles. The zero-order valence-corrected chi connectivity index (χ0v) is 13.0. The third-order valence-electron chi connectivity index (χ3n) is 3.25. The first-order valence-electron chi connectivity index (χ1n) is 6.73. The van der Waals surface area contributed by atoms with Crippen LogP contribution in [-0.2, 0) is 6.18 Å². The van der Waals surface area contributed by atoms with Crippen LogP contribution in [0.5, 0.6) is 0 Å². The van der Waals surface area contributed by atoms with Crippen LogP contribution in [-0.4, -0.2) is 0 Å². The molecule has 20 heavy (non-hydrogen) atoms. The molecule has 0 saturated heterocycles. The number of nitrogens with two attached hydrogens (primary N) is 1. The summed E-state index contributed by atoms with van der Waals surface area (Å²) < 4.78 is 38.9. The van der Waals surface area contributed by atoms with E-state index in [2.05, 4.69) is 28.3 Å². The molecule has 1 aromatic carbocycles. The van der Waals surface area contributed by atoms with Crippen molar-refractivity contribution in [2.45, 2.75) is 51.2 Å². The quantitative estimate of drug-likeness (QED) is 0.414. The van der Waals surface area contributed by atoms with Gasteiger partial charge in [-0.3, -0.25) is 11.3 Å². The molecule has 0 aliphatic carbocycles. The molecule has 6 heteroatoms. The molecule has 0 bridgehead atoms. The number of benzene rings is 1. The van der Waals surface area contributed by atoms with Gasteiger partial charge in [0.25, 0.3) is 0 Å². The summed E-state index contributed by atoms with van der Waals surface area (Å²) in [4.78, 5) is 0. The van der Waals surface area contributed by atoms with E-state index in [-0.39, 0.29) is 6.04 Å². The van der Waals surface area contributed by atoms with Crippen molar-refractivity contribution < 1.29 is 13.2 Å². The molecule has 0 spiro atoms. The fraction of sp³-hybridized carbons (Fsp3) is 0.571. The fourth-order valence-corrected chi connectivity index (χ4v) is 2.61. The van der Waals surface area contributed by atoms with Crippen molar-refractivity contribution in [1.29, 1.82) is 0 Å². The second-order valence-electron chi connectivity index (χ2n) is 4.80. The van der Waals surface area contributed by atoms with Crippen LogP contribution in [0.4, 0.5) is 13.2 Å². The van der Waals surface area contributed by atoms with Gasteiger partial charge in [0.1, 0.15) is 0 Å². The average molecular weight is 353 g/mol. The molecule has 1 rings (SSSR count). The zero-order valence-electron chi connectivity index (χ0n) is 11.4. The predicted octanol–water partition coefficient (Wildman–Crippen LogP) is 4.94. The third kappa shape index (κ3) is 5.07. The van der Waals surface area contributed by atoms with Crippen molar-refractivity contribution in [3.05, 3.63) is 33.8 Å². The molecular weight excluding hydrogens is 333 g/mol. The van der Waals surface area contributed by atoms with E-state index in [0.29, 0.717) is 10.0 Å². The highest BCUT2D eigenvalue weighted by Gasteiger charge is 2.31. The van der Waals surface area contributed by atoms with E-state index < -0.39 is 11.7 Å². The van der Waals surface area contributed by atoms with Crippen molar-refractivity contribution in [2.24, 2.45) is 5.84 Å². The molecule has 3 N–H and O–H groups in total. The van der Waals surface area contributed by atoms with Gasteiger partial charge in [0.2, 0.25) is 0 Å². The van der Waals surface area contributed by atoms with Crippen molar-refractivity contribution in [2.75, 3.05) is 0 Å². The van der Waals surface area contributed by atoms with Crippen molar-refractivity contribution >= 4 is 15.9 Å². The van der Waals surface area contributed by atoms with Crippen LogP contribution in [0, 0.1) is 0 Å². The molecule has 0 radical (unpaired) electrons. The summed E-state index contributed by atoms with van der Waals surface area (Å²) in [5, 5.41) is 0. The van der Waals surface area contributed by atoms with Gasteiger partial charge in [-0.1, -0.05) is 48.5 Å². The lowest BCUT2D eigenvalue weighted by atomic mass is 9.98. The Morgan fingerprint density at radius 1 is 1.25 bits per heavy atom. The van der Waals surface area contributed by atoms with E-state index in [1.54, 1.807) is 0 Å². The van der Waals surface area contributed by atoms with Crippen molar-refractivity contribution in [1.82, 2.24) is 5.43 Å². The molecular formula is C14H20BrF3N2. The monoisotopic (exact) mass is 352 g/mol. The van der Waals surface area contributed by atoms with Crippen LogP contribution in [0.1, 0.15) is 56.2 Å². The average Bonchev–Trinajstić information content (AvgIpc) is 2.39. The predicted molar refractivity (Wildman–Crippen MR) is 78.0 cm³/mol. The molecule has 0 fully saturated rings. The Kier molecular flexibility index (Phi) is 6.99. The lowest BCUT2D eigenvalue weighted by molar-refractivity contribution is -0.137. The van der Waals surface area contributed by atoms with Gasteiger partial charge in [-0.15, -0.1) is 0 Å². The maximum absolute atomic E-state index is 12.8. The van der Waals surface area contributed by atoms with Gasteiger partial charge in [-0.25, -0.2) is 0 Å². The van der Waals surface area contributed by atoms with Crippen LogP contribution in [0.15, 0.2) is 22.7 Å². The summed E-state index contributed by atoms with van der Waals surface area (Å²) in [7, 11) is 0. The maximum atomic E-state index is 12.8. The Bertz CT molecular complexity index is 421. The topological polar surface area (TPSA) is 38.0 Å². The highest BCUT2D eigenvalue weighted by molar-refractivity contribution is 9.10. The Labute approximate surface area is 126 Å². The Morgan fingerprint density at radius 3 is 2.50 bits per heavy atom. The second-order valence-corrected chi connectivity index (χ2v) is 5.66. The van der Waals surface area contributed by atoms with E-state index in [0.717, 1.165) is 44.2 Å². The molecule has 1 aromatic rings. The minimum atomic E-state index is -4.34. The molecule has 0 saturated carbocycles. The van der Waals surface area contributed by atoms with Crippen LogP contribution in [0.3, 0.4) is 0 Å². The highest BCUT2D eigenvalue weighted by Crippen LogP contribution is 2.34. The lowest BCUT2D eigenvalue weighted by Gasteiger charge is -2.19. The molecule has 1 atom stereocenters. The first-order valence-corrected chi connectivity index (χ1v) is 7.52. The third-order valence-corrected chi connectivity index (χ3v) is 3.97. The highest BCUT2D eigenvalue weighted by atomic mass is 79.9. The van der Waals surface area contributed by atoms with Gasteiger partial charge in [0.05, 0.1) is 5.56 Å². The van der Waals surface area contributed by atoms with Gasteiger partial charge in [-0.05, 0) is 30.2 Å². The Morgan fingerprint density at radius 2 is 1.95 bits per heavy atom. The fourth-order valence-electron chi connectivity index (χ4n) is 2.09. The zero-order chi connectivity index (χ0) is 15.2. The van der Waals surface area contributed by atoms with E-state index in [9.17, 15) is 13.2 Å². The molecule has 1 unspecified atom stereocenters. The van der Waals surface area contributed by atoms with Gasteiger partial charge >= 0.3 is 6.18 Å². The Balaban J connectivity index is 2.85. The van der Waals surface area contributed by atoms with Crippen molar-refractivity contribution in [3.63, 3.8) is 0 Å². The standard InChI is InChI=1S/C14H20BrF3N2/c1-2-3-4-5-6-13(20-19)11-9-10(14(16,17)18)7-8-12(11)15/h7-9,13,20H,2-6,19H2,1H3. The second kappa shape index (κ2) is 8.00. The number of unbranched alkanes of at least 4 members (excludes halogenated alkanes) is 3. The first-order chi connectivity index (χ1) is 9.40. The number of hydrogen-bond donors (Lipinski definition) is 2. The minimum absolute atomic E-state index is 0.275. The van der Waals surface area contributed by atoms with E-state index in [1.165, 1.54) is 6.07 Å². The molecule has 114 valence electrons. The normalized spacial score (nSPS) is 13.5. The summed E-state index contributed by atoms with van der Waals surface area (Å²) in [5.41, 5.74) is 2.52. The number of halogens is 4. The molecule has 2 nitrogen and oxygen atoms in total. The van der Waals surface area contributed by atoms with E-state index in [1.807, 2.05) is 0 Å². The number of alkyl halides is 3. The number of hydrazine groups is 1. The summed E-state index contributed by atoms with van der Waals surface area (Å²) in [6, 6.07) is 3.38.